The molecule has 8 nitrogen and oxygen atoms in total. The van der Waals surface area contributed by atoms with E-state index in [0.29, 0.717) is 25.3 Å². The third-order valence-corrected chi connectivity index (χ3v) is 4.08. The molecule has 0 saturated carbocycles. The molecule has 1 aromatic rings. The lowest BCUT2D eigenvalue weighted by molar-refractivity contribution is -0.134. The maximum absolute atomic E-state index is 14.3. The molecule has 0 aliphatic carbocycles. The first-order valence-corrected chi connectivity index (χ1v) is 8.44. The highest BCUT2D eigenvalue weighted by atomic mass is 19.1. The van der Waals surface area contributed by atoms with Gasteiger partial charge in [0.15, 0.2) is 6.30 Å². The fourth-order valence-electron chi connectivity index (χ4n) is 3.07. The molecule has 148 valence electrons. The Hall–Kier alpha value is -2.65. The molecule has 2 heterocycles. The Bertz CT molecular complexity index is 668. The molecule has 0 bridgehead atoms. The van der Waals surface area contributed by atoms with E-state index in [1.807, 2.05) is 29.2 Å². The van der Waals surface area contributed by atoms with Crippen LogP contribution in [0.15, 0.2) is 36.4 Å². The van der Waals surface area contributed by atoms with Crippen molar-refractivity contribution in [1.29, 1.82) is 0 Å². The number of alkyl halides is 1. The van der Waals surface area contributed by atoms with Gasteiger partial charge in [0.1, 0.15) is 11.9 Å². The molecule has 2 aliphatic heterocycles. The average molecular weight is 382 g/mol. The number of ether oxygens (including phenoxy) is 2. The Morgan fingerprint density at radius 3 is 2.59 bits per heavy atom. The number of para-hydroxylation sites is 2. The summed E-state index contributed by atoms with van der Waals surface area (Å²) in [7, 11) is 1.66. The van der Waals surface area contributed by atoms with Gasteiger partial charge in [-0.1, -0.05) is 12.1 Å². The van der Waals surface area contributed by atoms with E-state index in [9.17, 15) is 14.0 Å². The molecule has 3 N–H and O–H groups in total. The number of benzene rings is 1. The van der Waals surface area contributed by atoms with Gasteiger partial charge in [-0.3, -0.25) is 0 Å². The number of piperazine rings is 1. The number of fused-ring (bicyclic) bond motifs is 3. The van der Waals surface area contributed by atoms with E-state index in [1.165, 1.54) is 0 Å². The Morgan fingerprint density at radius 2 is 1.96 bits per heavy atom. The molecule has 3 rings (SSSR count). The smallest absolute Gasteiger partial charge is 0.328 e. The van der Waals surface area contributed by atoms with Crippen molar-refractivity contribution in [1.82, 2.24) is 5.32 Å². The van der Waals surface area contributed by atoms with Crippen molar-refractivity contribution in [3.8, 4) is 5.75 Å². The SMILES string of the molecule is COCC1CC2CNCC(F)N2c2ccccc2O1.O=C(O)C=CC(=O)O. The highest BCUT2D eigenvalue weighted by Crippen LogP contribution is 2.37. The number of anilines is 1. The predicted molar refractivity (Wildman–Crippen MR) is 95.8 cm³/mol. The molecular formula is C18H23FN2O6. The number of carboxylic acid groups (broad SMARTS) is 2. The van der Waals surface area contributed by atoms with Crippen LogP contribution in [-0.4, -0.2) is 67.4 Å². The first-order valence-electron chi connectivity index (χ1n) is 8.44. The van der Waals surface area contributed by atoms with Crippen molar-refractivity contribution < 1.29 is 33.7 Å². The zero-order valence-electron chi connectivity index (χ0n) is 14.9. The van der Waals surface area contributed by atoms with E-state index >= 15 is 0 Å². The molecule has 1 fully saturated rings. The summed E-state index contributed by atoms with van der Waals surface area (Å²) < 4.78 is 25.4. The number of nitrogens with one attached hydrogen (secondary N) is 1. The van der Waals surface area contributed by atoms with Gasteiger partial charge in [0, 0.05) is 44.8 Å². The molecule has 0 radical (unpaired) electrons. The van der Waals surface area contributed by atoms with Gasteiger partial charge in [-0.2, -0.15) is 0 Å². The van der Waals surface area contributed by atoms with Gasteiger partial charge in [-0.25, -0.2) is 14.0 Å². The second-order valence-electron chi connectivity index (χ2n) is 6.06. The van der Waals surface area contributed by atoms with Crippen LogP contribution in [0.5, 0.6) is 5.75 Å². The second-order valence-corrected chi connectivity index (χ2v) is 6.06. The molecule has 3 atom stereocenters. The Morgan fingerprint density at radius 1 is 1.30 bits per heavy atom. The van der Waals surface area contributed by atoms with E-state index in [2.05, 4.69) is 5.32 Å². The number of rotatable bonds is 4. The maximum Gasteiger partial charge on any atom is 0.328 e. The van der Waals surface area contributed by atoms with Gasteiger partial charge in [-0.15, -0.1) is 0 Å². The quantitative estimate of drug-likeness (QED) is 0.528. The minimum absolute atomic E-state index is 0.0340. The largest absolute Gasteiger partial charge is 0.486 e. The zero-order chi connectivity index (χ0) is 19.8. The lowest BCUT2D eigenvalue weighted by Crippen LogP contribution is -2.56. The molecule has 0 amide bonds. The fraction of sp³-hybridized carbons (Fsp3) is 0.444. The lowest BCUT2D eigenvalue weighted by atomic mass is 10.1. The van der Waals surface area contributed by atoms with Crippen LogP contribution >= 0.6 is 0 Å². The number of carboxylic acids is 2. The third kappa shape index (κ3) is 5.93. The van der Waals surface area contributed by atoms with Crippen molar-refractivity contribution in [2.75, 3.05) is 31.7 Å². The Kier molecular flexibility index (Phi) is 7.56. The zero-order valence-corrected chi connectivity index (χ0v) is 14.9. The fourth-order valence-corrected chi connectivity index (χ4v) is 3.07. The number of hydrogen-bond acceptors (Lipinski definition) is 6. The normalized spacial score (nSPS) is 23.9. The van der Waals surface area contributed by atoms with Gasteiger partial charge >= 0.3 is 11.9 Å². The van der Waals surface area contributed by atoms with Crippen LogP contribution in [0.1, 0.15) is 6.42 Å². The molecule has 9 heteroatoms. The van der Waals surface area contributed by atoms with E-state index in [4.69, 9.17) is 19.7 Å². The summed E-state index contributed by atoms with van der Waals surface area (Å²) in [6.45, 7) is 1.66. The van der Waals surface area contributed by atoms with Crippen LogP contribution < -0.4 is 15.0 Å². The summed E-state index contributed by atoms with van der Waals surface area (Å²) in [6.07, 6.45) is 0.832. The monoisotopic (exact) mass is 382 g/mol. The van der Waals surface area contributed by atoms with Crippen molar-refractivity contribution in [2.45, 2.75) is 24.9 Å². The van der Waals surface area contributed by atoms with Crippen LogP contribution in [0.3, 0.4) is 0 Å². The summed E-state index contributed by atoms with van der Waals surface area (Å²) in [5.74, 6) is -1.77. The van der Waals surface area contributed by atoms with Crippen LogP contribution in [0.4, 0.5) is 10.1 Å². The highest BCUT2D eigenvalue weighted by molar-refractivity contribution is 5.89. The molecule has 0 spiro atoms. The van der Waals surface area contributed by atoms with Crippen LogP contribution in [-0.2, 0) is 14.3 Å². The van der Waals surface area contributed by atoms with E-state index < -0.39 is 18.2 Å². The number of nitrogens with zero attached hydrogens (tertiary/aromatic N) is 1. The van der Waals surface area contributed by atoms with Crippen LogP contribution in [0, 0.1) is 0 Å². The Balaban J connectivity index is 0.000000279. The average Bonchev–Trinajstić information content (AvgIpc) is 2.78. The molecule has 27 heavy (non-hydrogen) atoms. The van der Waals surface area contributed by atoms with Gasteiger partial charge in [0.05, 0.1) is 12.3 Å². The summed E-state index contributed by atoms with van der Waals surface area (Å²) in [5, 5.41) is 18.8. The molecular weight excluding hydrogens is 359 g/mol. The number of aliphatic carboxylic acids is 2. The van der Waals surface area contributed by atoms with Crippen molar-refractivity contribution in [3.05, 3.63) is 36.4 Å². The van der Waals surface area contributed by atoms with Gasteiger partial charge in [0.2, 0.25) is 0 Å². The highest BCUT2D eigenvalue weighted by Gasteiger charge is 2.36. The number of hydrogen-bond donors (Lipinski definition) is 3. The summed E-state index contributed by atoms with van der Waals surface area (Å²) in [5.41, 5.74) is 0.847. The van der Waals surface area contributed by atoms with Crippen LogP contribution in [0.25, 0.3) is 0 Å². The van der Waals surface area contributed by atoms with E-state index in [-0.39, 0.29) is 12.1 Å². The number of methoxy groups -OCH3 is 1. The molecule has 1 aromatic carbocycles. The molecule has 3 unspecified atom stereocenters. The number of carbonyl (C=O) groups is 2. The summed E-state index contributed by atoms with van der Waals surface area (Å²) >= 11 is 0. The second kappa shape index (κ2) is 9.89. The van der Waals surface area contributed by atoms with Crippen molar-refractivity contribution in [2.24, 2.45) is 0 Å². The van der Waals surface area contributed by atoms with Gasteiger partial charge in [-0.05, 0) is 12.1 Å². The van der Waals surface area contributed by atoms with Crippen molar-refractivity contribution in [3.63, 3.8) is 0 Å². The summed E-state index contributed by atoms with van der Waals surface area (Å²) in [6, 6.07) is 7.76. The first-order chi connectivity index (χ1) is 12.9. The standard InChI is InChI=1S/C14H19FN2O2.C4H4O4/c1-18-9-11-6-10-7-16-8-14(15)17(10)12-4-2-3-5-13(12)19-11;5-3(6)1-2-4(7)8/h2-5,10-11,14,16H,6-9H2,1H3;1-2H,(H,5,6)(H,7,8). The van der Waals surface area contributed by atoms with Gasteiger partial charge < -0.3 is 29.9 Å². The number of halogens is 1. The molecule has 0 aromatic heterocycles. The third-order valence-electron chi connectivity index (χ3n) is 4.08. The Labute approximate surface area is 156 Å². The molecule has 1 saturated heterocycles. The molecule has 2 aliphatic rings. The van der Waals surface area contributed by atoms with E-state index in [1.54, 1.807) is 7.11 Å². The first kappa shape index (κ1) is 20.7. The van der Waals surface area contributed by atoms with E-state index in [0.717, 1.165) is 24.4 Å². The minimum atomic E-state index is -1.26. The van der Waals surface area contributed by atoms with Gasteiger partial charge in [0.25, 0.3) is 0 Å². The topological polar surface area (TPSA) is 108 Å². The summed E-state index contributed by atoms with van der Waals surface area (Å²) in [4.78, 5) is 21.0. The van der Waals surface area contributed by atoms with Crippen molar-refractivity contribution >= 4 is 17.6 Å². The predicted octanol–water partition coefficient (Wildman–Crippen LogP) is 1.27. The minimum Gasteiger partial charge on any atom is -0.486 e. The van der Waals surface area contributed by atoms with Crippen LogP contribution in [0.2, 0.25) is 0 Å². The maximum atomic E-state index is 14.3. The lowest BCUT2D eigenvalue weighted by Gasteiger charge is -2.39.